The second-order valence-corrected chi connectivity index (χ2v) is 8.24. The van der Waals surface area contributed by atoms with E-state index in [0.29, 0.717) is 15.3 Å². The summed E-state index contributed by atoms with van der Waals surface area (Å²) < 4.78 is 3.01. The van der Waals surface area contributed by atoms with Gasteiger partial charge < -0.3 is 4.90 Å². The molecule has 0 saturated heterocycles. The molecule has 0 unspecified atom stereocenters. The van der Waals surface area contributed by atoms with Gasteiger partial charge in [-0.2, -0.15) is 9.50 Å². The molecule has 0 bridgehead atoms. The van der Waals surface area contributed by atoms with Crippen molar-refractivity contribution in [3.05, 3.63) is 73.5 Å². The summed E-state index contributed by atoms with van der Waals surface area (Å²) in [6, 6.07) is 16.0. The van der Waals surface area contributed by atoms with E-state index in [1.54, 1.807) is 0 Å². The lowest BCUT2D eigenvalue weighted by atomic mass is 10.2. The Morgan fingerprint density at radius 3 is 2.36 bits per heavy atom. The van der Waals surface area contributed by atoms with E-state index in [1.807, 2.05) is 42.5 Å². The molecule has 0 amide bonds. The molecule has 0 atom stereocenters. The predicted molar refractivity (Wildman–Crippen MR) is 119 cm³/mol. The van der Waals surface area contributed by atoms with Gasteiger partial charge in [0.1, 0.15) is 0 Å². The molecule has 4 rings (SSSR count). The van der Waals surface area contributed by atoms with Crippen molar-refractivity contribution in [2.45, 2.75) is 13.8 Å². The first-order chi connectivity index (χ1) is 13.6. The zero-order valence-electron chi connectivity index (χ0n) is 15.6. The van der Waals surface area contributed by atoms with Crippen LogP contribution in [0, 0.1) is 0 Å². The van der Waals surface area contributed by atoms with Crippen LogP contribution in [0.5, 0.6) is 0 Å². The van der Waals surface area contributed by atoms with Crippen molar-refractivity contribution in [1.82, 2.24) is 14.6 Å². The molecule has 4 aromatic rings. The summed E-state index contributed by atoms with van der Waals surface area (Å²) >= 11 is 4.78. The van der Waals surface area contributed by atoms with Gasteiger partial charge in [0.25, 0.3) is 5.56 Å². The molecule has 142 valence electrons. The first kappa shape index (κ1) is 18.8. The summed E-state index contributed by atoms with van der Waals surface area (Å²) in [5, 5.41) is 4.40. The Morgan fingerprint density at radius 1 is 1.07 bits per heavy atom. The van der Waals surface area contributed by atoms with Gasteiger partial charge >= 0.3 is 0 Å². The molecule has 2 aromatic heterocycles. The molecule has 0 aliphatic rings. The number of aromatic nitrogens is 3. The van der Waals surface area contributed by atoms with Crippen molar-refractivity contribution in [2.75, 3.05) is 18.0 Å². The number of fused-ring (bicyclic) bond motifs is 1. The minimum atomic E-state index is -0.135. The van der Waals surface area contributed by atoms with Gasteiger partial charge in [-0.25, -0.2) is 0 Å². The molecule has 0 fully saturated rings. The molecular weight excluding hydrogens is 436 g/mol. The molecule has 7 heteroatoms. The number of thiazole rings is 1. The molecule has 28 heavy (non-hydrogen) atoms. The molecule has 2 heterocycles. The van der Waals surface area contributed by atoms with Crippen molar-refractivity contribution in [2.24, 2.45) is 0 Å². The van der Waals surface area contributed by atoms with Crippen LogP contribution in [-0.4, -0.2) is 27.7 Å². The third-order valence-corrected chi connectivity index (χ3v) is 6.09. The van der Waals surface area contributed by atoms with Crippen LogP contribution in [0.2, 0.25) is 0 Å². The van der Waals surface area contributed by atoms with Crippen LogP contribution in [0.1, 0.15) is 19.4 Å². The molecule has 0 saturated carbocycles. The average Bonchev–Trinajstić information content (AvgIpc) is 3.24. The van der Waals surface area contributed by atoms with Crippen LogP contribution in [0.4, 0.5) is 5.69 Å². The lowest BCUT2D eigenvalue weighted by Gasteiger charge is -2.20. The van der Waals surface area contributed by atoms with Gasteiger partial charge in [0, 0.05) is 28.8 Å². The predicted octanol–water partition coefficient (Wildman–Crippen LogP) is 3.97. The number of hydrogen-bond donors (Lipinski definition) is 0. The SMILES string of the molecule is CCN(CC)c1ccc(/C=c2\sc3nc(-c4ccc(Br)cc4)nn3c2=O)cc1. The van der Waals surface area contributed by atoms with Crippen LogP contribution in [0.3, 0.4) is 0 Å². The van der Waals surface area contributed by atoms with E-state index in [4.69, 9.17) is 0 Å². The zero-order valence-corrected chi connectivity index (χ0v) is 18.0. The Labute approximate surface area is 175 Å². The number of hydrogen-bond acceptors (Lipinski definition) is 5. The first-order valence-corrected chi connectivity index (χ1v) is 10.7. The van der Waals surface area contributed by atoms with Gasteiger partial charge in [-0.1, -0.05) is 51.5 Å². The third-order valence-electron chi connectivity index (χ3n) is 4.60. The molecular formula is C21H19BrN4OS. The summed E-state index contributed by atoms with van der Waals surface area (Å²) in [6.45, 7) is 6.23. The molecule has 0 N–H and O–H groups in total. The third kappa shape index (κ3) is 3.59. The Balaban J connectivity index is 1.68. The Morgan fingerprint density at radius 2 is 1.75 bits per heavy atom. The van der Waals surface area contributed by atoms with Crippen LogP contribution < -0.4 is 15.0 Å². The first-order valence-electron chi connectivity index (χ1n) is 9.11. The van der Waals surface area contributed by atoms with Crippen LogP contribution in [0.25, 0.3) is 22.4 Å². The van der Waals surface area contributed by atoms with E-state index < -0.39 is 0 Å². The highest BCUT2D eigenvalue weighted by Gasteiger charge is 2.12. The second-order valence-electron chi connectivity index (χ2n) is 6.32. The van der Waals surface area contributed by atoms with E-state index >= 15 is 0 Å². The molecule has 0 aliphatic carbocycles. The van der Waals surface area contributed by atoms with E-state index in [2.05, 4.69) is 56.9 Å². The maximum absolute atomic E-state index is 12.7. The maximum atomic E-state index is 12.7. The monoisotopic (exact) mass is 454 g/mol. The zero-order chi connectivity index (χ0) is 19.7. The van der Waals surface area contributed by atoms with Crippen molar-refractivity contribution < 1.29 is 0 Å². The average molecular weight is 455 g/mol. The summed E-state index contributed by atoms with van der Waals surface area (Å²) in [5.74, 6) is 0.561. The van der Waals surface area contributed by atoms with Crippen molar-refractivity contribution >= 4 is 44.0 Å². The summed E-state index contributed by atoms with van der Waals surface area (Å²) in [6.07, 6.45) is 1.90. The van der Waals surface area contributed by atoms with Crippen molar-refractivity contribution in [3.63, 3.8) is 0 Å². The van der Waals surface area contributed by atoms with Gasteiger partial charge in [0.2, 0.25) is 4.96 Å². The fraction of sp³-hybridized carbons (Fsp3) is 0.190. The number of benzene rings is 2. The Bertz CT molecular complexity index is 1210. The minimum absolute atomic E-state index is 0.135. The lowest BCUT2D eigenvalue weighted by molar-refractivity contribution is 0.866. The Kier molecular flexibility index (Phi) is 5.28. The second kappa shape index (κ2) is 7.85. The number of halogens is 1. The molecule has 0 spiro atoms. The highest BCUT2D eigenvalue weighted by molar-refractivity contribution is 9.10. The normalized spacial score (nSPS) is 12.0. The quantitative estimate of drug-likeness (QED) is 0.457. The smallest absolute Gasteiger partial charge is 0.291 e. The van der Waals surface area contributed by atoms with E-state index in [0.717, 1.165) is 28.7 Å². The van der Waals surface area contributed by atoms with Gasteiger partial charge in [0.05, 0.1) is 4.53 Å². The van der Waals surface area contributed by atoms with E-state index in [9.17, 15) is 4.79 Å². The van der Waals surface area contributed by atoms with E-state index in [-0.39, 0.29) is 5.56 Å². The minimum Gasteiger partial charge on any atom is -0.372 e. The highest BCUT2D eigenvalue weighted by atomic mass is 79.9. The number of nitrogens with zero attached hydrogens (tertiary/aromatic N) is 4. The molecule has 2 aromatic carbocycles. The van der Waals surface area contributed by atoms with Gasteiger partial charge in [-0.05, 0) is 49.8 Å². The maximum Gasteiger partial charge on any atom is 0.291 e. The molecule has 5 nitrogen and oxygen atoms in total. The van der Waals surface area contributed by atoms with Gasteiger partial charge in [-0.15, -0.1) is 5.10 Å². The highest BCUT2D eigenvalue weighted by Crippen LogP contribution is 2.19. The number of anilines is 1. The fourth-order valence-electron chi connectivity index (χ4n) is 3.08. The molecule has 0 aliphatic heterocycles. The Hall–Kier alpha value is -2.51. The molecule has 0 radical (unpaired) electrons. The fourth-order valence-corrected chi connectivity index (χ4v) is 4.25. The summed E-state index contributed by atoms with van der Waals surface area (Å²) in [5.41, 5.74) is 2.93. The van der Waals surface area contributed by atoms with Crippen LogP contribution in [-0.2, 0) is 0 Å². The topological polar surface area (TPSA) is 50.5 Å². The van der Waals surface area contributed by atoms with Crippen LogP contribution >= 0.6 is 27.3 Å². The largest absolute Gasteiger partial charge is 0.372 e. The van der Waals surface area contributed by atoms with Gasteiger partial charge in [-0.3, -0.25) is 4.79 Å². The van der Waals surface area contributed by atoms with Crippen LogP contribution in [0.15, 0.2) is 57.8 Å². The standard InChI is InChI=1S/C21H19BrN4OS/c1-3-25(4-2)17-11-5-14(6-12-17)13-18-20(27)26-21(28-18)23-19(24-26)15-7-9-16(22)10-8-15/h5-13H,3-4H2,1-2H3/b18-13-. The van der Waals surface area contributed by atoms with E-state index in [1.165, 1.54) is 21.5 Å². The summed E-state index contributed by atoms with van der Waals surface area (Å²) in [4.78, 5) is 20.1. The van der Waals surface area contributed by atoms with Crippen molar-refractivity contribution in [1.29, 1.82) is 0 Å². The van der Waals surface area contributed by atoms with Crippen molar-refractivity contribution in [3.8, 4) is 11.4 Å². The van der Waals surface area contributed by atoms with Gasteiger partial charge in [0.15, 0.2) is 5.82 Å². The number of rotatable bonds is 5. The summed E-state index contributed by atoms with van der Waals surface area (Å²) in [7, 11) is 0. The lowest BCUT2D eigenvalue weighted by Crippen LogP contribution is -2.23.